The van der Waals surface area contributed by atoms with Gasteiger partial charge in [-0.1, -0.05) is 25.7 Å². The van der Waals surface area contributed by atoms with E-state index in [1.54, 1.807) is 0 Å². The summed E-state index contributed by atoms with van der Waals surface area (Å²) in [6.45, 7) is 6.34. The average molecular weight is 197 g/mol. The van der Waals surface area contributed by atoms with Crippen LogP contribution in [0.4, 0.5) is 0 Å². The molecule has 0 bridgehead atoms. The van der Waals surface area contributed by atoms with Crippen molar-refractivity contribution in [2.75, 3.05) is 13.2 Å². The summed E-state index contributed by atoms with van der Waals surface area (Å²) in [4.78, 5) is 0. The second-order valence-electron chi connectivity index (χ2n) is 5.34. The lowest BCUT2D eigenvalue weighted by molar-refractivity contribution is -0.0760. The lowest BCUT2D eigenvalue weighted by atomic mass is 9.87. The highest BCUT2D eigenvalue weighted by molar-refractivity contribution is 4.90. The Hall–Kier alpha value is -0.0800. The molecule has 1 aliphatic carbocycles. The monoisotopic (exact) mass is 197 g/mol. The molecular formula is C12H23NO. The summed E-state index contributed by atoms with van der Waals surface area (Å²) in [5, 5.41) is 3.61. The average Bonchev–Trinajstić information content (AvgIpc) is 2.61. The Labute approximate surface area is 87.4 Å². The number of nitrogens with one attached hydrogen (secondary N) is 1. The zero-order chi connectivity index (χ0) is 10.0. The first kappa shape index (κ1) is 10.4. The molecule has 0 radical (unpaired) electrons. The van der Waals surface area contributed by atoms with E-state index >= 15 is 0 Å². The van der Waals surface area contributed by atoms with Crippen molar-refractivity contribution in [3.63, 3.8) is 0 Å². The van der Waals surface area contributed by atoms with Gasteiger partial charge in [-0.3, -0.25) is 0 Å². The van der Waals surface area contributed by atoms with Crippen molar-refractivity contribution in [1.82, 2.24) is 5.32 Å². The fourth-order valence-corrected chi connectivity index (χ4v) is 2.84. The molecule has 0 aromatic heterocycles. The van der Waals surface area contributed by atoms with Gasteiger partial charge in [-0.25, -0.2) is 0 Å². The van der Waals surface area contributed by atoms with Crippen LogP contribution >= 0.6 is 0 Å². The van der Waals surface area contributed by atoms with Crippen LogP contribution in [0, 0.1) is 5.92 Å². The van der Waals surface area contributed by atoms with Gasteiger partial charge >= 0.3 is 0 Å². The van der Waals surface area contributed by atoms with Crippen LogP contribution in [0.15, 0.2) is 0 Å². The van der Waals surface area contributed by atoms with E-state index in [1.807, 2.05) is 0 Å². The van der Waals surface area contributed by atoms with E-state index in [0.29, 0.717) is 6.04 Å². The summed E-state index contributed by atoms with van der Waals surface area (Å²) >= 11 is 0. The molecule has 0 aromatic rings. The van der Waals surface area contributed by atoms with Crippen molar-refractivity contribution in [1.29, 1.82) is 0 Å². The number of morpholine rings is 1. The summed E-state index contributed by atoms with van der Waals surface area (Å²) < 4.78 is 5.83. The van der Waals surface area contributed by atoms with Gasteiger partial charge in [-0.2, -0.15) is 0 Å². The largest absolute Gasteiger partial charge is 0.373 e. The maximum atomic E-state index is 5.83. The van der Waals surface area contributed by atoms with Gasteiger partial charge in [0.2, 0.25) is 0 Å². The molecule has 82 valence electrons. The van der Waals surface area contributed by atoms with Crippen LogP contribution < -0.4 is 5.32 Å². The van der Waals surface area contributed by atoms with Crippen molar-refractivity contribution >= 4 is 0 Å². The summed E-state index contributed by atoms with van der Waals surface area (Å²) in [7, 11) is 0. The Morgan fingerprint density at radius 1 is 1.29 bits per heavy atom. The third kappa shape index (κ3) is 2.29. The van der Waals surface area contributed by atoms with Gasteiger partial charge < -0.3 is 10.1 Å². The molecule has 2 nitrogen and oxygen atoms in total. The van der Waals surface area contributed by atoms with E-state index in [9.17, 15) is 0 Å². The summed E-state index contributed by atoms with van der Waals surface area (Å²) in [6.07, 6.45) is 7.08. The molecule has 1 saturated carbocycles. The number of ether oxygens (including phenoxy) is 1. The molecule has 2 aliphatic rings. The van der Waals surface area contributed by atoms with Crippen LogP contribution in [0.2, 0.25) is 0 Å². The maximum absolute atomic E-state index is 5.83. The molecule has 0 spiro atoms. The van der Waals surface area contributed by atoms with Crippen molar-refractivity contribution < 1.29 is 4.74 Å². The minimum Gasteiger partial charge on any atom is -0.373 e. The van der Waals surface area contributed by atoms with E-state index in [-0.39, 0.29) is 5.60 Å². The van der Waals surface area contributed by atoms with Gasteiger partial charge in [-0.15, -0.1) is 0 Å². The quantitative estimate of drug-likeness (QED) is 0.733. The van der Waals surface area contributed by atoms with E-state index in [1.165, 1.54) is 32.1 Å². The minimum absolute atomic E-state index is 0.0425. The Morgan fingerprint density at radius 2 is 2.00 bits per heavy atom. The predicted octanol–water partition coefficient (Wildman–Crippen LogP) is 2.33. The van der Waals surface area contributed by atoms with Gasteiger partial charge in [0.15, 0.2) is 0 Å². The van der Waals surface area contributed by atoms with Gasteiger partial charge in [0, 0.05) is 12.6 Å². The highest BCUT2D eigenvalue weighted by Gasteiger charge is 2.35. The molecule has 0 aromatic carbocycles. The second-order valence-corrected chi connectivity index (χ2v) is 5.34. The first-order valence-corrected chi connectivity index (χ1v) is 6.06. The van der Waals surface area contributed by atoms with E-state index in [2.05, 4.69) is 19.2 Å². The highest BCUT2D eigenvalue weighted by atomic mass is 16.5. The Balaban J connectivity index is 1.88. The van der Waals surface area contributed by atoms with Crippen molar-refractivity contribution in [3.8, 4) is 0 Å². The SMILES string of the molecule is CC1(C)OCCNC1CC1CCCC1. The van der Waals surface area contributed by atoms with Crippen molar-refractivity contribution in [2.45, 2.75) is 57.6 Å². The molecule has 2 fully saturated rings. The fraction of sp³-hybridized carbons (Fsp3) is 1.00. The van der Waals surface area contributed by atoms with Gasteiger partial charge in [-0.05, 0) is 26.2 Å². The molecule has 1 aliphatic heterocycles. The summed E-state index contributed by atoms with van der Waals surface area (Å²) in [5.74, 6) is 0.952. The smallest absolute Gasteiger partial charge is 0.0779 e. The van der Waals surface area contributed by atoms with E-state index < -0.39 is 0 Å². The number of hydrogen-bond acceptors (Lipinski definition) is 2. The van der Waals surface area contributed by atoms with Crippen LogP contribution in [0.1, 0.15) is 46.0 Å². The van der Waals surface area contributed by atoms with Crippen LogP contribution in [0.5, 0.6) is 0 Å². The minimum atomic E-state index is 0.0425. The predicted molar refractivity (Wildman–Crippen MR) is 58.4 cm³/mol. The topological polar surface area (TPSA) is 21.3 Å². The van der Waals surface area contributed by atoms with Gasteiger partial charge in [0.1, 0.15) is 0 Å². The number of hydrogen-bond donors (Lipinski definition) is 1. The molecule has 1 saturated heterocycles. The maximum Gasteiger partial charge on any atom is 0.0779 e. The van der Waals surface area contributed by atoms with Gasteiger partial charge in [0.25, 0.3) is 0 Å². The van der Waals surface area contributed by atoms with Crippen LogP contribution in [-0.2, 0) is 4.74 Å². The van der Waals surface area contributed by atoms with Crippen LogP contribution in [0.3, 0.4) is 0 Å². The van der Waals surface area contributed by atoms with Crippen LogP contribution in [0.25, 0.3) is 0 Å². The second kappa shape index (κ2) is 4.19. The lowest BCUT2D eigenvalue weighted by Crippen LogP contribution is -2.55. The standard InChI is InChI=1S/C12H23NO/c1-12(2)11(13-7-8-14-12)9-10-5-3-4-6-10/h10-11,13H,3-9H2,1-2H3. The molecule has 1 unspecified atom stereocenters. The first-order chi connectivity index (χ1) is 6.68. The fourth-order valence-electron chi connectivity index (χ4n) is 2.84. The molecule has 1 heterocycles. The van der Waals surface area contributed by atoms with Crippen LogP contribution in [-0.4, -0.2) is 24.8 Å². The summed E-state index contributed by atoms with van der Waals surface area (Å²) in [6, 6.07) is 0.569. The normalized spacial score (nSPS) is 33.4. The molecule has 2 rings (SSSR count). The Kier molecular flexibility index (Phi) is 3.13. The Morgan fingerprint density at radius 3 is 2.64 bits per heavy atom. The van der Waals surface area contributed by atoms with Gasteiger partial charge in [0.05, 0.1) is 12.2 Å². The third-order valence-corrected chi connectivity index (χ3v) is 3.85. The number of rotatable bonds is 2. The van der Waals surface area contributed by atoms with E-state index in [0.717, 1.165) is 19.1 Å². The van der Waals surface area contributed by atoms with Crippen molar-refractivity contribution in [3.05, 3.63) is 0 Å². The summed E-state index contributed by atoms with van der Waals surface area (Å²) in [5.41, 5.74) is 0.0425. The molecule has 0 amide bonds. The molecular weight excluding hydrogens is 174 g/mol. The highest BCUT2D eigenvalue weighted by Crippen LogP contribution is 2.32. The first-order valence-electron chi connectivity index (χ1n) is 6.06. The zero-order valence-electron chi connectivity index (χ0n) is 9.51. The van der Waals surface area contributed by atoms with E-state index in [4.69, 9.17) is 4.74 Å². The third-order valence-electron chi connectivity index (χ3n) is 3.85. The molecule has 1 N–H and O–H groups in total. The molecule has 14 heavy (non-hydrogen) atoms. The zero-order valence-corrected chi connectivity index (χ0v) is 9.51. The molecule has 1 atom stereocenters. The lowest BCUT2D eigenvalue weighted by Gasteiger charge is -2.40. The molecule has 2 heteroatoms. The van der Waals surface area contributed by atoms with Crippen molar-refractivity contribution in [2.24, 2.45) is 5.92 Å². The Bertz CT molecular complexity index is 185.